The molecule has 0 aromatic carbocycles. The van der Waals surface area contributed by atoms with Crippen LogP contribution in [0.1, 0.15) is 41.9 Å². The first-order chi connectivity index (χ1) is 8.41. The summed E-state index contributed by atoms with van der Waals surface area (Å²) in [6, 6.07) is 0. The molecule has 7 heteroatoms. The van der Waals surface area contributed by atoms with Gasteiger partial charge >= 0.3 is 5.97 Å². The van der Waals surface area contributed by atoms with Crippen LogP contribution in [0.4, 0.5) is 0 Å². The number of thiophene rings is 1. The van der Waals surface area contributed by atoms with Crippen molar-refractivity contribution in [3.05, 3.63) is 15.8 Å². The van der Waals surface area contributed by atoms with E-state index in [-0.39, 0.29) is 17.1 Å². The van der Waals surface area contributed by atoms with Crippen LogP contribution >= 0.6 is 22.0 Å². The lowest BCUT2D eigenvalue weighted by atomic mass is 10.2. The Hall–Kier alpha value is -0.590. The highest BCUT2D eigenvalue weighted by molar-refractivity contribution is 8.14. The molecule has 0 radical (unpaired) electrons. The van der Waals surface area contributed by atoms with Crippen LogP contribution in [-0.2, 0) is 20.2 Å². The van der Waals surface area contributed by atoms with E-state index in [0.29, 0.717) is 17.7 Å². The predicted octanol–water partition coefficient (Wildman–Crippen LogP) is 3.19. The SMILES string of the molecule is CCCOC(=O)c1csc(CCC)c1S(=O)(=O)Cl. The van der Waals surface area contributed by atoms with Gasteiger partial charge in [-0.15, -0.1) is 11.3 Å². The second-order valence-electron chi connectivity index (χ2n) is 3.73. The third-order valence-electron chi connectivity index (χ3n) is 2.19. The minimum Gasteiger partial charge on any atom is -0.462 e. The highest BCUT2D eigenvalue weighted by Crippen LogP contribution is 2.31. The lowest BCUT2D eigenvalue weighted by molar-refractivity contribution is 0.0501. The topological polar surface area (TPSA) is 60.4 Å². The smallest absolute Gasteiger partial charge is 0.340 e. The molecule has 18 heavy (non-hydrogen) atoms. The lowest BCUT2D eigenvalue weighted by Crippen LogP contribution is -2.09. The monoisotopic (exact) mass is 310 g/mol. The normalized spacial score (nSPS) is 11.5. The summed E-state index contributed by atoms with van der Waals surface area (Å²) in [7, 11) is 1.46. The molecule has 0 bridgehead atoms. The number of halogens is 1. The summed E-state index contributed by atoms with van der Waals surface area (Å²) in [5, 5.41) is 1.50. The van der Waals surface area contributed by atoms with Gasteiger partial charge in [0.15, 0.2) is 0 Å². The van der Waals surface area contributed by atoms with Crippen molar-refractivity contribution in [1.29, 1.82) is 0 Å². The van der Waals surface area contributed by atoms with E-state index in [4.69, 9.17) is 15.4 Å². The van der Waals surface area contributed by atoms with E-state index >= 15 is 0 Å². The minimum absolute atomic E-state index is 0.0481. The average Bonchev–Trinajstić information content (AvgIpc) is 2.70. The maximum atomic E-state index is 11.8. The van der Waals surface area contributed by atoms with Gasteiger partial charge in [0.1, 0.15) is 4.90 Å². The highest BCUT2D eigenvalue weighted by Gasteiger charge is 2.27. The van der Waals surface area contributed by atoms with Crippen LogP contribution in [0.2, 0.25) is 0 Å². The fourth-order valence-corrected chi connectivity index (χ4v) is 4.47. The van der Waals surface area contributed by atoms with Gasteiger partial charge < -0.3 is 4.74 Å². The number of ether oxygens (including phenoxy) is 1. The van der Waals surface area contributed by atoms with E-state index < -0.39 is 15.0 Å². The molecule has 0 fully saturated rings. The molecule has 0 saturated carbocycles. The van der Waals surface area contributed by atoms with E-state index in [1.165, 1.54) is 16.7 Å². The van der Waals surface area contributed by atoms with E-state index in [1.807, 2.05) is 13.8 Å². The highest BCUT2D eigenvalue weighted by atomic mass is 35.7. The van der Waals surface area contributed by atoms with Gasteiger partial charge in [-0.1, -0.05) is 20.3 Å². The van der Waals surface area contributed by atoms with Crippen LogP contribution in [0.25, 0.3) is 0 Å². The molecule has 1 heterocycles. The first kappa shape index (κ1) is 15.5. The summed E-state index contributed by atoms with van der Waals surface area (Å²) in [4.78, 5) is 12.3. The number of esters is 1. The van der Waals surface area contributed by atoms with Crippen molar-refractivity contribution in [3.63, 3.8) is 0 Å². The van der Waals surface area contributed by atoms with Gasteiger partial charge in [-0.2, -0.15) is 0 Å². The second-order valence-corrected chi connectivity index (χ2v) is 7.19. The molecule has 0 aliphatic heterocycles. The van der Waals surface area contributed by atoms with Crippen molar-refractivity contribution < 1.29 is 17.9 Å². The standard InChI is InChI=1S/C11H15ClO4S2/c1-3-5-9-10(18(12,14)15)8(7-17-9)11(13)16-6-4-2/h7H,3-6H2,1-2H3. The van der Waals surface area contributed by atoms with Gasteiger partial charge in [0, 0.05) is 20.9 Å². The van der Waals surface area contributed by atoms with Gasteiger partial charge in [-0.05, 0) is 12.8 Å². The number of hydrogen-bond acceptors (Lipinski definition) is 5. The Morgan fingerprint density at radius 2 is 2.06 bits per heavy atom. The maximum Gasteiger partial charge on any atom is 0.340 e. The van der Waals surface area contributed by atoms with Crippen LogP contribution in [0.3, 0.4) is 0 Å². The zero-order chi connectivity index (χ0) is 13.8. The first-order valence-electron chi connectivity index (χ1n) is 5.63. The molecule has 0 amide bonds. The lowest BCUT2D eigenvalue weighted by Gasteiger charge is -2.04. The molecule has 102 valence electrons. The third kappa shape index (κ3) is 3.70. The van der Waals surface area contributed by atoms with Crippen LogP contribution in [0, 0.1) is 0 Å². The number of carbonyl (C=O) groups is 1. The molecule has 4 nitrogen and oxygen atoms in total. The quantitative estimate of drug-likeness (QED) is 0.598. The maximum absolute atomic E-state index is 11.8. The van der Waals surface area contributed by atoms with Gasteiger partial charge in [-0.3, -0.25) is 0 Å². The molecular formula is C11H15ClO4S2. The summed E-state index contributed by atoms with van der Waals surface area (Å²) in [6.45, 7) is 4.06. The van der Waals surface area contributed by atoms with Crippen molar-refractivity contribution >= 4 is 37.0 Å². The third-order valence-corrected chi connectivity index (χ3v) is 4.79. The van der Waals surface area contributed by atoms with Crippen molar-refractivity contribution in [2.24, 2.45) is 0 Å². The summed E-state index contributed by atoms with van der Waals surface area (Å²) >= 11 is 1.22. The number of aryl methyl sites for hydroxylation is 1. The van der Waals surface area contributed by atoms with Crippen LogP contribution in [-0.4, -0.2) is 21.0 Å². The van der Waals surface area contributed by atoms with Crippen LogP contribution in [0.15, 0.2) is 10.3 Å². The largest absolute Gasteiger partial charge is 0.462 e. The molecule has 0 saturated heterocycles. The minimum atomic E-state index is -3.93. The molecule has 1 rings (SSSR count). The second kappa shape index (κ2) is 6.54. The van der Waals surface area contributed by atoms with Gasteiger partial charge in [-0.25, -0.2) is 13.2 Å². The molecule has 0 aliphatic carbocycles. The van der Waals surface area contributed by atoms with E-state index in [1.54, 1.807) is 0 Å². The Bertz CT molecular complexity index is 519. The van der Waals surface area contributed by atoms with Gasteiger partial charge in [0.2, 0.25) is 0 Å². The van der Waals surface area contributed by atoms with E-state index in [0.717, 1.165) is 6.42 Å². The van der Waals surface area contributed by atoms with Crippen molar-refractivity contribution in [2.45, 2.75) is 38.0 Å². The zero-order valence-corrected chi connectivity index (χ0v) is 12.6. The Balaban J connectivity index is 3.16. The van der Waals surface area contributed by atoms with Crippen molar-refractivity contribution in [3.8, 4) is 0 Å². The Kier molecular flexibility index (Phi) is 5.62. The van der Waals surface area contributed by atoms with Gasteiger partial charge in [0.25, 0.3) is 9.05 Å². The predicted molar refractivity (Wildman–Crippen MR) is 71.9 cm³/mol. The van der Waals surface area contributed by atoms with Crippen LogP contribution < -0.4 is 0 Å². The number of rotatable bonds is 6. The molecule has 0 N–H and O–H groups in total. The molecular weight excluding hydrogens is 296 g/mol. The van der Waals surface area contributed by atoms with E-state index in [2.05, 4.69) is 0 Å². The summed E-state index contributed by atoms with van der Waals surface area (Å²) in [6.07, 6.45) is 2.04. The fraction of sp³-hybridized carbons (Fsp3) is 0.545. The zero-order valence-electron chi connectivity index (χ0n) is 10.2. The fourth-order valence-electron chi connectivity index (χ4n) is 1.47. The number of carbonyl (C=O) groups excluding carboxylic acids is 1. The average molecular weight is 311 g/mol. The molecule has 1 aromatic heterocycles. The summed E-state index contributed by atoms with van der Waals surface area (Å²) < 4.78 is 28.1. The Morgan fingerprint density at radius 1 is 1.39 bits per heavy atom. The molecule has 1 aromatic rings. The summed E-state index contributed by atoms with van der Waals surface area (Å²) in [5.74, 6) is -0.630. The Morgan fingerprint density at radius 3 is 2.56 bits per heavy atom. The molecule has 0 spiro atoms. The van der Waals surface area contributed by atoms with Crippen molar-refractivity contribution in [2.75, 3.05) is 6.61 Å². The van der Waals surface area contributed by atoms with Crippen molar-refractivity contribution in [1.82, 2.24) is 0 Å². The van der Waals surface area contributed by atoms with Crippen LogP contribution in [0.5, 0.6) is 0 Å². The summed E-state index contributed by atoms with van der Waals surface area (Å²) in [5.41, 5.74) is 0.0481. The van der Waals surface area contributed by atoms with E-state index in [9.17, 15) is 13.2 Å². The molecule has 0 aliphatic rings. The van der Waals surface area contributed by atoms with Gasteiger partial charge in [0.05, 0.1) is 12.2 Å². The molecule has 0 unspecified atom stereocenters. The Labute approximate surface area is 115 Å². The first-order valence-corrected chi connectivity index (χ1v) is 8.82. The molecule has 0 atom stereocenters. The number of hydrogen-bond donors (Lipinski definition) is 0.